The molecule has 1 N–H and O–H groups in total. The fourth-order valence-electron chi connectivity index (χ4n) is 5.52. The number of hydrogen-bond acceptors (Lipinski definition) is 5. The summed E-state index contributed by atoms with van der Waals surface area (Å²) in [6.45, 7) is 6.54. The van der Waals surface area contributed by atoms with Crippen LogP contribution in [0.4, 0.5) is 24.7 Å². The minimum Gasteiger partial charge on any atom is -0.486 e. The van der Waals surface area contributed by atoms with E-state index in [1.807, 2.05) is 30.3 Å². The van der Waals surface area contributed by atoms with E-state index in [4.69, 9.17) is 14.1 Å². The Hall–Kier alpha value is -4.46. The van der Waals surface area contributed by atoms with Crippen molar-refractivity contribution < 1.29 is 22.3 Å². The number of para-hydroxylation sites is 1. The van der Waals surface area contributed by atoms with E-state index in [-0.39, 0.29) is 6.10 Å². The average molecular weight is 586 g/mol. The van der Waals surface area contributed by atoms with Gasteiger partial charge in [-0.05, 0) is 72.5 Å². The molecule has 1 aliphatic rings. The molecule has 43 heavy (non-hydrogen) atoms. The molecule has 0 spiro atoms. The molecule has 5 aromatic rings. The second kappa shape index (κ2) is 12.0. The van der Waals surface area contributed by atoms with Gasteiger partial charge < -0.3 is 19.4 Å². The van der Waals surface area contributed by atoms with Gasteiger partial charge in [-0.15, -0.1) is 0 Å². The molecule has 0 saturated carbocycles. The summed E-state index contributed by atoms with van der Waals surface area (Å²) in [6.07, 6.45) is -2.35. The number of hydrogen-bond donors (Lipinski definition) is 1. The third-order valence-corrected chi connectivity index (χ3v) is 7.65. The van der Waals surface area contributed by atoms with Crippen LogP contribution in [0.3, 0.4) is 0 Å². The first-order valence-electron chi connectivity index (χ1n) is 14.6. The van der Waals surface area contributed by atoms with Gasteiger partial charge in [-0.25, -0.2) is 4.98 Å². The van der Waals surface area contributed by atoms with Gasteiger partial charge in [0.05, 0.1) is 18.7 Å². The highest BCUT2D eigenvalue weighted by Crippen LogP contribution is 2.33. The smallest absolute Gasteiger partial charge is 0.416 e. The molecule has 1 unspecified atom stereocenters. The number of nitrogens with zero attached hydrogens (tertiary/aromatic N) is 2. The fourth-order valence-corrected chi connectivity index (χ4v) is 5.52. The summed E-state index contributed by atoms with van der Waals surface area (Å²) in [5, 5.41) is 4.25. The van der Waals surface area contributed by atoms with Gasteiger partial charge in [0.15, 0.2) is 0 Å². The number of furan rings is 1. The lowest BCUT2D eigenvalue weighted by atomic mass is 10.0. The molecule has 0 amide bonds. The number of nitrogens with one attached hydrogen (secondary N) is 1. The van der Waals surface area contributed by atoms with Crippen LogP contribution in [0.25, 0.3) is 22.2 Å². The lowest BCUT2D eigenvalue weighted by molar-refractivity contribution is -0.137. The van der Waals surface area contributed by atoms with E-state index in [0.717, 1.165) is 54.7 Å². The normalized spacial score (nSPS) is 15.4. The number of rotatable bonds is 9. The van der Waals surface area contributed by atoms with Crippen molar-refractivity contribution in [3.05, 3.63) is 108 Å². The Morgan fingerprint density at radius 1 is 0.977 bits per heavy atom. The number of alkyl halides is 3. The van der Waals surface area contributed by atoms with E-state index >= 15 is 0 Å². The Labute approximate surface area is 249 Å². The van der Waals surface area contributed by atoms with Gasteiger partial charge >= 0.3 is 6.18 Å². The molecule has 3 aromatic carbocycles. The minimum atomic E-state index is -4.41. The summed E-state index contributed by atoms with van der Waals surface area (Å²) in [5.41, 5.74) is 3.02. The van der Waals surface area contributed by atoms with Crippen LogP contribution in [0.5, 0.6) is 5.75 Å². The SMILES string of the molecule is CC(C)Cc1ccc(N2CCC(Oc3cccc4ccc(NCc5ccc(-c6cccc(C(F)(F)F)c6)o5)nc34)C2)cc1. The molecule has 8 heteroatoms. The Morgan fingerprint density at radius 2 is 1.79 bits per heavy atom. The third-order valence-electron chi connectivity index (χ3n) is 7.65. The van der Waals surface area contributed by atoms with Crippen molar-refractivity contribution in [2.24, 2.45) is 5.92 Å². The van der Waals surface area contributed by atoms with Crippen molar-refractivity contribution >= 4 is 22.4 Å². The Balaban J connectivity index is 1.11. The summed E-state index contributed by atoms with van der Waals surface area (Å²) in [5.74, 6) is 2.99. The molecule has 0 aliphatic carbocycles. The van der Waals surface area contributed by atoms with Crippen LogP contribution < -0.4 is 15.0 Å². The fraction of sp³-hybridized carbons (Fsp3) is 0.286. The summed E-state index contributed by atoms with van der Waals surface area (Å²) >= 11 is 0. The van der Waals surface area contributed by atoms with E-state index in [0.29, 0.717) is 35.4 Å². The predicted octanol–water partition coefficient (Wildman–Crippen LogP) is 8.98. The number of fused-ring (bicyclic) bond motifs is 1. The monoisotopic (exact) mass is 585 g/mol. The molecule has 6 rings (SSSR count). The van der Waals surface area contributed by atoms with E-state index in [1.54, 1.807) is 18.2 Å². The molecule has 1 saturated heterocycles. The van der Waals surface area contributed by atoms with E-state index in [1.165, 1.54) is 17.3 Å². The maximum Gasteiger partial charge on any atom is 0.416 e. The molecular formula is C35H34F3N3O2. The number of halogens is 3. The zero-order valence-electron chi connectivity index (χ0n) is 24.2. The van der Waals surface area contributed by atoms with Gasteiger partial charge in [-0.2, -0.15) is 13.2 Å². The van der Waals surface area contributed by atoms with Gasteiger partial charge in [0, 0.05) is 29.6 Å². The van der Waals surface area contributed by atoms with Gasteiger partial charge in [0.25, 0.3) is 0 Å². The second-order valence-electron chi connectivity index (χ2n) is 11.5. The number of aromatic nitrogens is 1. The standard InChI is InChI=1S/C35H34F3N3O2/c1-23(2)19-24-9-12-28(13-10-24)41-18-17-30(22-41)43-32-8-4-5-25-11-16-33(40-34(25)32)39-21-29-14-15-31(42-29)26-6-3-7-27(20-26)35(36,37)38/h3-16,20,23,30H,17-19,21-22H2,1-2H3,(H,39,40). The van der Waals surface area contributed by atoms with Crippen LogP contribution >= 0.6 is 0 Å². The molecule has 0 radical (unpaired) electrons. The lowest BCUT2D eigenvalue weighted by Gasteiger charge is -2.20. The van der Waals surface area contributed by atoms with Crippen molar-refractivity contribution in [2.45, 2.75) is 45.5 Å². The highest BCUT2D eigenvalue weighted by atomic mass is 19.4. The highest BCUT2D eigenvalue weighted by molar-refractivity contribution is 5.86. The highest BCUT2D eigenvalue weighted by Gasteiger charge is 2.30. The molecule has 0 bridgehead atoms. The van der Waals surface area contributed by atoms with Crippen LogP contribution in [-0.4, -0.2) is 24.2 Å². The summed E-state index contributed by atoms with van der Waals surface area (Å²) in [4.78, 5) is 7.20. The van der Waals surface area contributed by atoms with Crippen LogP contribution in [0.2, 0.25) is 0 Å². The first-order chi connectivity index (χ1) is 20.7. The molecule has 1 fully saturated rings. The molecule has 3 heterocycles. The minimum absolute atomic E-state index is 0.0525. The molecule has 5 nitrogen and oxygen atoms in total. The zero-order chi connectivity index (χ0) is 30.0. The second-order valence-corrected chi connectivity index (χ2v) is 11.5. The molecule has 2 aromatic heterocycles. The molecule has 1 aliphatic heterocycles. The molecule has 1 atom stereocenters. The summed E-state index contributed by atoms with van der Waals surface area (Å²) in [7, 11) is 0. The van der Waals surface area contributed by atoms with Crippen molar-refractivity contribution in [1.29, 1.82) is 0 Å². The van der Waals surface area contributed by atoms with E-state index in [9.17, 15) is 13.2 Å². The molecule has 222 valence electrons. The topological polar surface area (TPSA) is 50.5 Å². The zero-order valence-corrected chi connectivity index (χ0v) is 24.2. The van der Waals surface area contributed by atoms with Crippen molar-refractivity contribution in [1.82, 2.24) is 4.98 Å². The van der Waals surface area contributed by atoms with Crippen LogP contribution in [-0.2, 0) is 19.1 Å². The van der Waals surface area contributed by atoms with E-state index < -0.39 is 11.7 Å². The van der Waals surface area contributed by atoms with Crippen molar-refractivity contribution in [3.63, 3.8) is 0 Å². The quantitative estimate of drug-likeness (QED) is 0.187. The Morgan fingerprint density at radius 3 is 2.58 bits per heavy atom. The van der Waals surface area contributed by atoms with Crippen LogP contribution in [0.1, 0.15) is 37.2 Å². The first-order valence-corrected chi connectivity index (χ1v) is 14.6. The Kier molecular flexibility index (Phi) is 8.02. The number of ether oxygens (including phenoxy) is 1. The number of benzene rings is 3. The first kappa shape index (κ1) is 28.6. The average Bonchev–Trinajstić information content (AvgIpc) is 3.66. The summed E-state index contributed by atoms with van der Waals surface area (Å²) in [6, 6.07) is 27.2. The van der Waals surface area contributed by atoms with Gasteiger partial charge in [-0.1, -0.05) is 50.2 Å². The van der Waals surface area contributed by atoms with Gasteiger partial charge in [0.1, 0.15) is 34.7 Å². The third kappa shape index (κ3) is 6.79. The number of pyridine rings is 1. The lowest BCUT2D eigenvalue weighted by Crippen LogP contribution is -2.24. The van der Waals surface area contributed by atoms with Crippen LogP contribution in [0, 0.1) is 5.92 Å². The predicted molar refractivity (Wildman–Crippen MR) is 164 cm³/mol. The maximum atomic E-state index is 13.1. The van der Waals surface area contributed by atoms with Crippen LogP contribution in [0.15, 0.2) is 95.4 Å². The molecular weight excluding hydrogens is 551 g/mol. The van der Waals surface area contributed by atoms with Gasteiger partial charge in [-0.3, -0.25) is 0 Å². The van der Waals surface area contributed by atoms with E-state index in [2.05, 4.69) is 48.3 Å². The maximum absolute atomic E-state index is 13.1. The Bertz CT molecular complexity index is 1700. The largest absolute Gasteiger partial charge is 0.486 e. The van der Waals surface area contributed by atoms with Crippen molar-refractivity contribution in [3.8, 4) is 17.1 Å². The van der Waals surface area contributed by atoms with Crippen molar-refractivity contribution in [2.75, 3.05) is 23.3 Å². The number of anilines is 2. The summed E-state index contributed by atoms with van der Waals surface area (Å²) < 4.78 is 51.7. The van der Waals surface area contributed by atoms with Gasteiger partial charge in [0.2, 0.25) is 0 Å².